The van der Waals surface area contributed by atoms with E-state index < -0.39 is 11.7 Å². The highest BCUT2D eigenvalue weighted by atomic mass is 16.3. The minimum atomic E-state index is -0.431. The van der Waals surface area contributed by atoms with Gasteiger partial charge in [0.1, 0.15) is 0 Å². The molecule has 0 radical (unpaired) electrons. The third kappa shape index (κ3) is 3.63. The first-order valence-electron chi connectivity index (χ1n) is 6.00. The first-order chi connectivity index (χ1) is 8.60. The van der Waals surface area contributed by atoms with Crippen LogP contribution in [0.5, 0.6) is 11.5 Å². The molecule has 0 aromatic heterocycles. The number of amides is 1. The van der Waals surface area contributed by atoms with Crippen molar-refractivity contribution in [2.24, 2.45) is 5.92 Å². The van der Waals surface area contributed by atoms with Crippen LogP contribution < -0.4 is 5.32 Å². The van der Waals surface area contributed by atoms with Crippen LogP contribution in [0.4, 0.5) is 0 Å². The summed E-state index contributed by atoms with van der Waals surface area (Å²) in [6.07, 6.45) is 1.48. The van der Waals surface area contributed by atoms with Crippen molar-refractivity contribution in [2.45, 2.75) is 19.8 Å². The summed E-state index contributed by atoms with van der Waals surface area (Å²) in [5.74, 6) is -0.951. The predicted molar refractivity (Wildman–Crippen MR) is 67.6 cm³/mol. The summed E-state index contributed by atoms with van der Waals surface area (Å²) >= 11 is 0. The Morgan fingerprint density at radius 2 is 2.11 bits per heavy atom. The van der Waals surface area contributed by atoms with E-state index >= 15 is 0 Å². The Morgan fingerprint density at radius 3 is 2.72 bits per heavy atom. The van der Waals surface area contributed by atoms with E-state index in [0.717, 1.165) is 6.42 Å². The maximum atomic E-state index is 11.8. The lowest BCUT2D eigenvalue weighted by molar-refractivity contribution is 0.0940. The minimum Gasteiger partial charge on any atom is -0.504 e. The Hall–Kier alpha value is -1.75. The zero-order valence-electron chi connectivity index (χ0n) is 10.4. The van der Waals surface area contributed by atoms with Crippen molar-refractivity contribution in [3.63, 3.8) is 0 Å². The first-order valence-corrected chi connectivity index (χ1v) is 6.00. The lowest BCUT2D eigenvalue weighted by atomic mass is 10.0. The molecule has 1 rings (SSSR count). The van der Waals surface area contributed by atoms with E-state index in [2.05, 4.69) is 5.32 Å². The van der Waals surface area contributed by atoms with Crippen LogP contribution in [0.2, 0.25) is 0 Å². The van der Waals surface area contributed by atoms with Gasteiger partial charge in [-0.05, 0) is 24.5 Å². The first kappa shape index (κ1) is 14.3. The van der Waals surface area contributed by atoms with Gasteiger partial charge >= 0.3 is 0 Å². The molecule has 0 aliphatic carbocycles. The second-order valence-corrected chi connectivity index (χ2v) is 4.17. The minimum absolute atomic E-state index is 0.0499. The Labute approximate surface area is 106 Å². The number of carbonyl (C=O) groups excluding carboxylic acids is 1. The van der Waals surface area contributed by atoms with E-state index in [4.69, 9.17) is 5.11 Å². The van der Waals surface area contributed by atoms with Gasteiger partial charge in [0, 0.05) is 13.2 Å². The van der Waals surface area contributed by atoms with Crippen LogP contribution in [-0.4, -0.2) is 34.4 Å². The fourth-order valence-electron chi connectivity index (χ4n) is 1.68. The topological polar surface area (TPSA) is 89.8 Å². The molecule has 5 heteroatoms. The van der Waals surface area contributed by atoms with Gasteiger partial charge in [-0.3, -0.25) is 4.79 Å². The summed E-state index contributed by atoms with van der Waals surface area (Å²) in [6, 6.07) is 4.25. The van der Waals surface area contributed by atoms with E-state index in [0.29, 0.717) is 13.0 Å². The molecule has 0 saturated carbocycles. The van der Waals surface area contributed by atoms with Gasteiger partial charge in [-0.15, -0.1) is 0 Å². The van der Waals surface area contributed by atoms with E-state index in [1.54, 1.807) is 0 Å². The third-order valence-electron chi connectivity index (χ3n) is 2.93. The summed E-state index contributed by atoms with van der Waals surface area (Å²) in [7, 11) is 0. The highest BCUT2D eigenvalue weighted by Gasteiger charge is 2.15. The smallest absolute Gasteiger partial charge is 0.255 e. The summed E-state index contributed by atoms with van der Waals surface area (Å²) in [4.78, 5) is 11.8. The number of aliphatic hydroxyl groups excluding tert-OH is 1. The zero-order valence-corrected chi connectivity index (χ0v) is 10.4. The average Bonchev–Trinajstić information content (AvgIpc) is 2.37. The summed E-state index contributed by atoms with van der Waals surface area (Å²) < 4.78 is 0. The molecule has 1 atom stereocenters. The van der Waals surface area contributed by atoms with Crippen molar-refractivity contribution >= 4 is 5.91 Å². The number of hydrogen-bond acceptors (Lipinski definition) is 4. The van der Waals surface area contributed by atoms with Crippen LogP contribution in [0.1, 0.15) is 30.1 Å². The Morgan fingerprint density at radius 1 is 1.39 bits per heavy atom. The summed E-state index contributed by atoms with van der Waals surface area (Å²) in [6.45, 7) is 2.51. The second-order valence-electron chi connectivity index (χ2n) is 4.17. The Bertz CT molecular complexity index is 406. The number of para-hydroxylation sites is 1. The van der Waals surface area contributed by atoms with Crippen molar-refractivity contribution in [1.82, 2.24) is 5.32 Å². The number of nitrogens with one attached hydrogen (secondary N) is 1. The number of aliphatic hydroxyl groups is 1. The highest BCUT2D eigenvalue weighted by molar-refractivity contribution is 5.97. The van der Waals surface area contributed by atoms with Crippen molar-refractivity contribution < 1.29 is 20.1 Å². The van der Waals surface area contributed by atoms with Gasteiger partial charge < -0.3 is 20.6 Å². The van der Waals surface area contributed by atoms with Crippen molar-refractivity contribution in [1.29, 1.82) is 0 Å². The lowest BCUT2D eigenvalue weighted by Crippen LogP contribution is -2.29. The largest absolute Gasteiger partial charge is 0.504 e. The van der Waals surface area contributed by atoms with E-state index in [-0.39, 0.29) is 23.8 Å². The van der Waals surface area contributed by atoms with Gasteiger partial charge in [0.2, 0.25) is 0 Å². The van der Waals surface area contributed by atoms with Gasteiger partial charge in [-0.25, -0.2) is 0 Å². The third-order valence-corrected chi connectivity index (χ3v) is 2.93. The maximum absolute atomic E-state index is 11.8. The lowest BCUT2D eigenvalue weighted by Gasteiger charge is -2.14. The van der Waals surface area contributed by atoms with Crippen LogP contribution in [-0.2, 0) is 0 Å². The van der Waals surface area contributed by atoms with Crippen LogP contribution >= 0.6 is 0 Å². The van der Waals surface area contributed by atoms with Crippen molar-refractivity contribution in [2.75, 3.05) is 13.2 Å². The number of phenolic OH excluding ortho intramolecular Hbond substituents is 2. The number of benzene rings is 1. The number of hydrogen-bond donors (Lipinski definition) is 4. The molecule has 0 heterocycles. The molecule has 0 fully saturated rings. The van der Waals surface area contributed by atoms with E-state index in [1.165, 1.54) is 18.2 Å². The fraction of sp³-hybridized carbons (Fsp3) is 0.462. The molecule has 4 N–H and O–H groups in total. The molecular formula is C13H19NO4. The molecule has 0 aliphatic heterocycles. The molecule has 18 heavy (non-hydrogen) atoms. The van der Waals surface area contributed by atoms with Crippen LogP contribution in [0.3, 0.4) is 0 Å². The van der Waals surface area contributed by atoms with E-state index in [9.17, 15) is 15.0 Å². The Balaban J connectivity index is 2.62. The molecule has 0 bridgehead atoms. The zero-order chi connectivity index (χ0) is 13.5. The van der Waals surface area contributed by atoms with Gasteiger partial charge in [0.05, 0.1) is 5.56 Å². The molecule has 0 aliphatic rings. The molecular weight excluding hydrogens is 234 g/mol. The summed E-state index contributed by atoms with van der Waals surface area (Å²) in [5.41, 5.74) is 0.0499. The SMILES string of the molecule is CCC(CCO)CNC(=O)c1cccc(O)c1O. The normalized spacial score (nSPS) is 12.1. The second kappa shape index (κ2) is 6.86. The number of carbonyl (C=O) groups is 1. The number of aromatic hydroxyl groups is 2. The van der Waals surface area contributed by atoms with Gasteiger partial charge in [-0.1, -0.05) is 19.4 Å². The molecule has 1 amide bonds. The molecule has 100 valence electrons. The average molecular weight is 253 g/mol. The van der Waals surface area contributed by atoms with Gasteiger partial charge in [-0.2, -0.15) is 0 Å². The number of phenols is 2. The Kier molecular flexibility index (Phi) is 5.45. The van der Waals surface area contributed by atoms with Crippen molar-refractivity contribution in [3.8, 4) is 11.5 Å². The molecule has 1 unspecified atom stereocenters. The molecule has 1 aromatic carbocycles. The van der Waals surface area contributed by atoms with Crippen LogP contribution in [0.15, 0.2) is 18.2 Å². The van der Waals surface area contributed by atoms with Crippen LogP contribution in [0, 0.1) is 5.92 Å². The van der Waals surface area contributed by atoms with Gasteiger partial charge in [0.15, 0.2) is 11.5 Å². The standard InChI is InChI=1S/C13H19NO4/c1-2-9(6-7-15)8-14-13(18)10-4-3-5-11(16)12(10)17/h3-5,9,15-17H,2,6-8H2,1H3,(H,14,18). The van der Waals surface area contributed by atoms with E-state index in [1.807, 2.05) is 6.92 Å². The molecule has 0 spiro atoms. The fourth-order valence-corrected chi connectivity index (χ4v) is 1.68. The summed E-state index contributed by atoms with van der Waals surface area (Å²) in [5, 5.41) is 30.4. The van der Waals surface area contributed by atoms with Gasteiger partial charge in [0.25, 0.3) is 5.91 Å². The molecule has 5 nitrogen and oxygen atoms in total. The number of rotatable bonds is 6. The van der Waals surface area contributed by atoms with Crippen molar-refractivity contribution in [3.05, 3.63) is 23.8 Å². The maximum Gasteiger partial charge on any atom is 0.255 e. The quantitative estimate of drug-likeness (QED) is 0.574. The molecule has 1 aromatic rings. The predicted octanol–water partition coefficient (Wildman–Crippen LogP) is 1.24. The highest BCUT2D eigenvalue weighted by Crippen LogP contribution is 2.27. The molecule has 0 saturated heterocycles. The van der Waals surface area contributed by atoms with Crippen LogP contribution in [0.25, 0.3) is 0 Å². The monoisotopic (exact) mass is 253 g/mol.